The number of hydrogen-bond donors (Lipinski definition) is 2. The fraction of sp³-hybridized carbons (Fsp3) is 0.812. The Balaban J connectivity index is 0.00000192. The average molecular weight is 432 g/mol. The number of nitrogens with zero attached hydrogens (tertiary/aromatic N) is 4. The molecule has 2 N–H and O–H groups in total. The van der Waals surface area contributed by atoms with Gasteiger partial charge < -0.3 is 15.2 Å². The Hall–Kier alpha value is -0.860. The molecule has 7 heteroatoms. The lowest BCUT2D eigenvalue weighted by Gasteiger charge is -2.41. The predicted molar refractivity (Wildman–Crippen MR) is 103 cm³/mol. The number of aryl methyl sites for hydroxylation is 1. The SMILES string of the molecule is CCC1(CNC(=NC)NCc2nnc3n2CCCC3)CCC1.I. The number of aromatic nitrogens is 3. The summed E-state index contributed by atoms with van der Waals surface area (Å²) >= 11 is 0. The van der Waals surface area contributed by atoms with E-state index in [9.17, 15) is 0 Å². The molecule has 130 valence electrons. The van der Waals surface area contributed by atoms with Crippen LogP contribution in [0.5, 0.6) is 0 Å². The Morgan fingerprint density at radius 3 is 2.70 bits per heavy atom. The molecule has 0 amide bonds. The Morgan fingerprint density at radius 1 is 1.22 bits per heavy atom. The molecule has 23 heavy (non-hydrogen) atoms. The number of guanidine groups is 1. The zero-order chi connectivity index (χ0) is 15.4. The molecular weight excluding hydrogens is 403 g/mol. The lowest BCUT2D eigenvalue weighted by atomic mass is 9.67. The monoisotopic (exact) mass is 432 g/mol. The third kappa shape index (κ3) is 4.16. The van der Waals surface area contributed by atoms with E-state index >= 15 is 0 Å². The third-order valence-corrected chi connectivity index (χ3v) is 5.37. The van der Waals surface area contributed by atoms with Gasteiger partial charge in [-0.05, 0) is 37.5 Å². The highest BCUT2D eigenvalue weighted by Gasteiger charge is 2.34. The molecule has 0 atom stereocenters. The van der Waals surface area contributed by atoms with Gasteiger partial charge >= 0.3 is 0 Å². The second-order valence-electron chi connectivity index (χ2n) is 6.63. The van der Waals surface area contributed by atoms with Crippen molar-refractivity contribution in [2.24, 2.45) is 10.4 Å². The number of rotatable bonds is 5. The molecule has 1 aromatic rings. The van der Waals surface area contributed by atoms with Gasteiger partial charge in [0.25, 0.3) is 0 Å². The Labute approximate surface area is 155 Å². The molecule has 1 fully saturated rings. The fourth-order valence-electron chi connectivity index (χ4n) is 3.49. The molecule has 1 aromatic heterocycles. The van der Waals surface area contributed by atoms with Gasteiger partial charge in [-0.15, -0.1) is 34.2 Å². The van der Waals surface area contributed by atoms with Crippen molar-refractivity contribution in [1.82, 2.24) is 25.4 Å². The molecule has 0 bridgehead atoms. The van der Waals surface area contributed by atoms with E-state index < -0.39 is 0 Å². The van der Waals surface area contributed by atoms with Crippen molar-refractivity contribution in [2.75, 3.05) is 13.6 Å². The first-order valence-electron chi connectivity index (χ1n) is 8.62. The van der Waals surface area contributed by atoms with E-state index in [0.29, 0.717) is 12.0 Å². The molecule has 2 aliphatic rings. The summed E-state index contributed by atoms with van der Waals surface area (Å²) in [5, 5.41) is 15.5. The first-order valence-corrected chi connectivity index (χ1v) is 8.62. The van der Waals surface area contributed by atoms with Gasteiger partial charge in [-0.2, -0.15) is 0 Å². The summed E-state index contributed by atoms with van der Waals surface area (Å²) < 4.78 is 2.25. The lowest BCUT2D eigenvalue weighted by molar-refractivity contribution is 0.131. The van der Waals surface area contributed by atoms with Crippen LogP contribution in [0.2, 0.25) is 0 Å². The van der Waals surface area contributed by atoms with Crippen molar-refractivity contribution < 1.29 is 0 Å². The fourth-order valence-corrected chi connectivity index (χ4v) is 3.49. The Kier molecular flexibility index (Phi) is 6.67. The van der Waals surface area contributed by atoms with Crippen molar-refractivity contribution in [3.05, 3.63) is 11.6 Å². The molecule has 0 aromatic carbocycles. The summed E-state index contributed by atoms with van der Waals surface area (Å²) in [4.78, 5) is 4.33. The third-order valence-electron chi connectivity index (χ3n) is 5.37. The van der Waals surface area contributed by atoms with Gasteiger partial charge in [0.2, 0.25) is 0 Å². The number of halogens is 1. The Bertz CT molecular complexity index is 529. The summed E-state index contributed by atoms with van der Waals surface area (Å²) in [6.07, 6.45) is 8.80. The molecule has 1 aliphatic heterocycles. The van der Waals surface area contributed by atoms with Gasteiger partial charge in [0.05, 0.1) is 6.54 Å². The molecule has 0 unspecified atom stereocenters. The van der Waals surface area contributed by atoms with Crippen molar-refractivity contribution >= 4 is 29.9 Å². The number of aliphatic imine (C=N–C) groups is 1. The van der Waals surface area contributed by atoms with E-state index in [0.717, 1.165) is 37.1 Å². The molecule has 1 aliphatic carbocycles. The van der Waals surface area contributed by atoms with Crippen molar-refractivity contribution in [2.45, 2.75) is 65.0 Å². The lowest BCUT2D eigenvalue weighted by Crippen LogP contribution is -2.46. The molecule has 0 radical (unpaired) electrons. The topological polar surface area (TPSA) is 67.1 Å². The number of fused-ring (bicyclic) bond motifs is 1. The molecule has 6 nitrogen and oxygen atoms in total. The van der Waals surface area contributed by atoms with Gasteiger partial charge in [0.1, 0.15) is 5.82 Å². The van der Waals surface area contributed by atoms with Crippen LogP contribution in [0, 0.1) is 5.41 Å². The van der Waals surface area contributed by atoms with Crippen LogP contribution in [-0.4, -0.2) is 34.3 Å². The van der Waals surface area contributed by atoms with Crippen molar-refractivity contribution in [1.29, 1.82) is 0 Å². The summed E-state index contributed by atoms with van der Waals surface area (Å²) in [5.74, 6) is 3.02. The minimum atomic E-state index is 0. The summed E-state index contributed by atoms with van der Waals surface area (Å²) in [6, 6.07) is 0. The van der Waals surface area contributed by atoms with Gasteiger partial charge in [0.15, 0.2) is 11.8 Å². The van der Waals surface area contributed by atoms with Crippen LogP contribution in [-0.2, 0) is 19.5 Å². The normalized spacial score (nSPS) is 19.3. The maximum atomic E-state index is 4.33. The molecular formula is C16H29IN6. The highest BCUT2D eigenvalue weighted by atomic mass is 127. The minimum absolute atomic E-state index is 0. The van der Waals surface area contributed by atoms with Crippen LogP contribution >= 0.6 is 24.0 Å². The van der Waals surface area contributed by atoms with Crippen molar-refractivity contribution in [3.8, 4) is 0 Å². The van der Waals surface area contributed by atoms with Gasteiger partial charge in [0, 0.05) is 26.6 Å². The van der Waals surface area contributed by atoms with Gasteiger partial charge in [-0.25, -0.2) is 0 Å². The van der Waals surface area contributed by atoms with Crippen LogP contribution in [0.3, 0.4) is 0 Å². The van der Waals surface area contributed by atoms with E-state index in [4.69, 9.17) is 0 Å². The van der Waals surface area contributed by atoms with Crippen LogP contribution in [0.15, 0.2) is 4.99 Å². The van der Waals surface area contributed by atoms with Crippen LogP contribution in [0.4, 0.5) is 0 Å². The molecule has 0 spiro atoms. The average Bonchev–Trinajstić information content (AvgIpc) is 2.93. The predicted octanol–water partition coefficient (Wildman–Crippen LogP) is 2.48. The Morgan fingerprint density at radius 2 is 2.04 bits per heavy atom. The standard InChI is InChI=1S/C16H28N6.HI/c1-3-16(8-6-9-16)12-19-15(17-2)18-11-14-21-20-13-7-4-5-10-22(13)14;/h3-12H2,1-2H3,(H2,17,18,19);1H. The van der Waals surface area contributed by atoms with E-state index in [-0.39, 0.29) is 24.0 Å². The zero-order valence-electron chi connectivity index (χ0n) is 14.3. The number of hydrogen-bond acceptors (Lipinski definition) is 3. The smallest absolute Gasteiger partial charge is 0.191 e. The zero-order valence-corrected chi connectivity index (χ0v) is 16.6. The first-order chi connectivity index (χ1) is 10.8. The van der Waals surface area contributed by atoms with Crippen LogP contribution in [0.1, 0.15) is 57.1 Å². The van der Waals surface area contributed by atoms with Crippen LogP contribution in [0.25, 0.3) is 0 Å². The van der Waals surface area contributed by atoms with Crippen molar-refractivity contribution in [3.63, 3.8) is 0 Å². The van der Waals surface area contributed by atoms with E-state index in [1.165, 1.54) is 38.5 Å². The second-order valence-corrected chi connectivity index (χ2v) is 6.63. The summed E-state index contributed by atoms with van der Waals surface area (Å²) in [5.41, 5.74) is 0.492. The first kappa shape index (κ1) is 18.5. The second kappa shape index (κ2) is 8.30. The molecule has 3 rings (SSSR count). The maximum absolute atomic E-state index is 4.33. The largest absolute Gasteiger partial charge is 0.356 e. The highest BCUT2D eigenvalue weighted by Crippen LogP contribution is 2.42. The van der Waals surface area contributed by atoms with Gasteiger partial charge in [-0.1, -0.05) is 13.3 Å². The minimum Gasteiger partial charge on any atom is -0.356 e. The van der Waals surface area contributed by atoms with E-state index in [1.54, 1.807) is 0 Å². The van der Waals surface area contributed by atoms with Gasteiger partial charge in [-0.3, -0.25) is 4.99 Å². The summed E-state index contributed by atoms with van der Waals surface area (Å²) in [6.45, 7) is 5.04. The van der Waals surface area contributed by atoms with E-state index in [2.05, 4.69) is 37.3 Å². The highest BCUT2D eigenvalue weighted by molar-refractivity contribution is 14.0. The summed E-state index contributed by atoms with van der Waals surface area (Å²) in [7, 11) is 1.83. The maximum Gasteiger partial charge on any atom is 0.191 e. The van der Waals surface area contributed by atoms with E-state index in [1.807, 2.05) is 7.05 Å². The molecule has 2 heterocycles. The molecule has 0 saturated heterocycles. The van der Waals surface area contributed by atoms with Crippen LogP contribution < -0.4 is 10.6 Å². The number of nitrogens with one attached hydrogen (secondary N) is 2. The molecule has 1 saturated carbocycles. The quantitative estimate of drug-likeness (QED) is 0.426.